The number of hydrogen-bond acceptors (Lipinski definition) is 4. The van der Waals surface area contributed by atoms with Crippen LogP contribution in [0.1, 0.15) is 5.56 Å². The van der Waals surface area contributed by atoms with E-state index in [0.29, 0.717) is 22.7 Å². The van der Waals surface area contributed by atoms with Crippen LogP contribution in [0.4, 0.5) is 16.3 Å². The van der Waals surface area contributed by atoms with Gasteiger partial charge in [-0.1, -0.05) is 35.9 Å². The lowest BCUT2D eigenvalue weighted by Gasteiger charge is -2.07. The van der Waals surface area contributed by atoms with Crippen LogP contribution < -0.4 is 10.6 Å². The Labute approximate surface area is 149 Å². The van der Waals surface area contributed by atoms with Crippen molar-refractivity contribution in [3.8, 4) is 5.69 Å². The third-order valence-electron chi connectivity index (χ3n) is 3.91. The molecule has 2 heterocycles. The van der Waals surface area contributed by atoms with E-state index in [0.717, 1.165) is 5.69 Å². The Bertz CT molecular complexity index is 1060. The lowest BCUT2D eigenvalue weighted by atomic mass is 10.2. The molecule has 0 bridgehead atoms. The minimum absolute atomic E-state index is 0.356. The summed E-state index contributed by atoms with van der Waals surface area (Å²) in [7, 11) is 0. The quantitative estimate of drug-likeness (QED) is 0.592. The molecule has 2 N–H and O–H groups in total. The van der Waals surface area contributed by atoms with E-state index in [1.165, 1.54) is 11.9 Å². The van der Waals surface area contributed by atoms with Crippen LogP contribution in [0.5, 0.6) is 0 Å². The number of anilines is 2. The Kier molecular flexibility index (Phi) is 4.03. The predicted molar refractivity (Wildman–Crippen MR) is 100 cm³/mol. The number of rotatable bonds is 3. The van der Waals surface area contributed by atoms with Crippen molar-refractivity contribution in [3.05, 3.63) is 72.8 Å². The van der Waals surface area contributed by atoms with Gasteiger partial charge in [0.15, 0.2) is 17.0 Å². The molecule has 0 radical (unpaired) electrons. The van der Waals surface area contributed by atoms with E-state index in [-0.39, 0.29) is 6.03 Å². The summed E-state index contributed by atoms with van der Waals surface area (Å²) in [6.45, 7) is 2.03. The van der Waals surface area contributed by atoms with Gasteiger partial charge in [0.05, 0.1) is 0 Å². The van der Waals surface area contributed by atoms with E-state index in [4.69, 9.17) is 0 Å². The van der Waals surface area contributed by atoms with Gasteiger partial charge in [-0.05, 0) is 31.2 Å². The third kappa shape index (κ3) is 3.10. The van der Waals surface area contributed by atoms with Gasteiger partial charge < -0.3 is 5.32 Å². The van der Waals surface area contributed by atoms with Crippen molar-refractivity contribution in [3.63, 3.8) is 0 Å². The maximum Gasteiger partial charge on any atom is 0.324 e. The molecule has 0 saturated heterocycles. The minimum Gasteiger partial charge on any atom is -0.308 e. The number of para-hydroxylation sites is 1. The van der Waals surface area contributed by atoms with Crippen molar-refractivity contribution in [2.24, 2.45) is 0 Å². The van der Waals surface area contributed by atoms with Gasteiger partial charge in [0.1, 0.15) is 12.7 Å². The van der Waals surface area contributed by atoms with Crippen LogP contribution in [0.3, 0.4) is 0 Å². The van der Waals surface area contributed by atoms with Crippen LogP contribution in [0.25, 0.3) is 16.9 Å². The molecule has 7 nitrogen and oxygen atoms in total. The molecule has 4 aromatic rings. The number of fused-ring (bicyclic) bond motifs is 1. The summed E-state index contributed by atoms with van der Waals surface area (Å²) in [6.07, 6.45) is 3.08. The molecule has 128 valence electrons. The van der Waals surface area contributed by atoms with Gasteiger partial charge in [0, 0.05) is 11.4 Å². The number of aromatic nitrogens is 4. The van der Waals surface area contributed by atoms with Crippen molar-refractivity contribution in [1.82, 2.24) is 19.5 Å². The molecule has 4 rings (SSSR count). The number of aryl methyl sites for hydroxylation is 1. The molecule has 26 heavy (non-hydrogen) atoms. The molecule has 2 aromatic heterocycles. The highest BCUT2D eigenvalue weighted by Crippen LogP contribution is 2.21. The average Bonchev–Trinajstić information content (AvgIpc) is 3.08. The zero-order valence-corrected chi connectivity index (χ0v) is 14.0. The maximum atomic E-state index is 12.2. The van der Waals surface area contributed by atoms with Crippen molar-refractivity contribution in [2.75, 3.05) is 10.6 Å². The van der Waals surface area contributed by atoms with Crippen LogP contribution in [-0.4, -0.2) is 25.6 Å². The second-order valence-electron chi connectivity index (χ2n) is 5.79. The summed E-state index contributed by atoms with van der Waals surface area (Å²) in [5, 5.41) is 5.49. The highest BCUT2D eigenvalue weighted by Gasteiger charge is 2.13. The molecule has 0 aliphatic heterocycles. The van der Waals surface area contributed by atoms with Crippen LogP contribution in [0.2, 0.25) is 0 Å². The maximum absolute atomic E-state index is 12.2. The molecular weight excluding hydrogens is 328 g/mol. The molecule has 0 aliphatic carbocycles. The fourth-order valence-corrected chi connectivity index (χ4v) is 2.61. The first-order chi connectivity index (χ1) is 12.7. The molecule has 2 aromatic carbocycles. The van der Waals surface area contributed by atoms with Crippen molar-refractivity contribution >= 4 is 28.7 Å². The topological polar surface area (TPSA) is 84.7 Å². The molecule has 0 saturated carbocycles. The van der Waals surface area contributed by atoms with Crippen LogP contribution >= 0.6 is 0 Å². The fourth-order valence-electron chi connectivity index (χ4n) is 2.61. The molecule has 2 amide bonds. The number of carbonyl (C=O) groups is 1. The standard InChI is InChI=1S/C19H16N6O/c1-13-7-9-15(10-8-13)25-12-22-16-17(20-11-21-18(16)25)24-19(26)23-14-5-3-2-4-6-14/h2-12H,1H3,(H2,20,21,23,24,26). The number of hydrogen-bond donors (Lipinski definition) is 2. The van der Waals surface area contributed by atoms with E-state index < -0.39 is 0 Å². The number of nitrogens with one attached hydrogen (secondary N) is 2. The lowest BCUT2D eigenvalue weighted by molar-refractivity contribution is 0.262. The second-order valence-corrected chi connectivity index (χ2v) is 5.79. The summed E-state index contributed by atoms with van der Waals surface area (Å²) in [4.78, 5) is 25.1. The molecule has 0 unspecified atom stereocenters. The van der Waals surface area contributed by atoms with Crippen molar-refractivity contribution < 1.29 is 4.79 Å². The SMILES string of the molecule is Cc1ccc(-n2cnc3c(NC(=O)Nc4ccccc4)ncnc32)cc1. The van der Waals surface area contributed by atoms with E-state index in [1.54, 1.807) is 18.5 Å². The van der Waals surface area contributed by atoms with Crippen molar-refractivity contribution in [1.29, 1.82) is 0 Å². The molecule has 0 spiro atoms. The van der Waals surface area contributed by atoms with Gasteiger partial charge >= 0.3 is 6.03 Å². The smallest absolute Gasteiger partial charge is 0.308 e. The van der Waals surface area contributed by atoms with E-state index in [2.05, 4.69) is 25.6 Å². The predicted octanol–water partition coefficient (Wildman–Crippen LogP) is 3.77. The lowest BCUT2D eigenvalue weighted by Crippen LogP contribution is -2.20. The van der Waals surface area contributed by atoms with E-state index >= 15 is 0 Å². The molecule has 0 aliphatic rings. The zero-order valence-electron chi connectivity index (χ0n) is 14.0. The Morgan fingerprint density at radius 3 is 2.46 bits per heavy atom. The van der Waals surface area contributed by atoms with Gasteiger partial charge in [-0.3, -0.25) is 9.88 Å². The largest absolute Gasteiger partial charge is 0.324 e. The number of nitrogens with zero attached hydrogens (tertiary/aromatic N) is 4. The number of carbonyl (C=O) groups excluding carboxylic acids is 1. The third-order valence-corrected chi connectivity index (χ3v) is 3.91. The second kappa shape index (κ2) is 6.64. The number of imidazole rings is 1. The monoisotopic (exact) mass is 344 g/mol. The first kappa shape index (κ1) is 15.8. The number of urea groups is 1. The van der Waals surface area contributed by atoms with Crippen LogP contribution in [0, 0.1) is 6.92 Å². The van der Waals surface area contributed by atoms with E-state index in [9.17, 15) is 4.79 Å². The summed E-state index contributed by atoms with van der Waals surface area (Å²) >= 11 is 0. The highest BCUT2D eigenvalue weighted by molar-refractivity contribution is 6.03. The molecule has 0 atom stereocenters. The molecular formula is C19H16N6O. The van der Waals surface area contributed by atoms with Gasteiger partial charge in [-0.2, -0.15) is 0 Å². The van der Waals surface area contributed by atoms with Gasteiger partial charge in [-0.25, -0.2) is 19.7 Å². The zero-order chi connectivity index (χ0) is 17.9. The first-order valence-electron chi connectivity index (χ1n) is 8.09. The summed E-state index contributed by atoms with van der Waals surface area (Å²) in [6, 6.07) is 16.8. The minimum atomic E-state index is -0.388. The fraction of sp³-hybridized carbons (Fsp3) is 0.0526. The van der Waals surface area contributed by atoms with Gasteiger partial charge in [0.2, 0.25) is 0 Å². The molecule has 0 fully saturated rings. The molecule has 7 heteroatoms. The Morgan fingerprint density at radius 2 is 1.69 bits per heavy atom. The Balaban J connectivity index is 1.62. The van der Waals surface area contributed by atoms with Crippen molar-refractivity contribution in [2.45, 2.75) is 6.92 Å². The van der Waals surface area contributed by atoms with Gasteiger partial charge in [-0.15, -0.1) is 0 Å². The Morgan fingerprint density at radius 1 is 0.923 bits per heavy atom. The van der Waals surface area contributed by atoms with Gasteiger partial charge in [0.25, 0.3) is 0 Å². The normalized spacial score (nSPS) is 10.7. The number of benzene rings is 2. The Hall–Kier alpha value is -3.74. The first-order valence-corrected chi connectivity index (χ1v) is 8.09. The van der Waals surface area contributed by atoms with Crippen LogP contribution in [-0.2, 0) is 0 Å². The summed E-state index contributed by atoms with van der Waals surface area (Å²) in [5.41, 5.74) is 3.96. The highest BCUT2D eigenvalue weighted by atomic mass is 16.2. The summed E-state index contributed by atoms with van der Waals surface area (Å²) in [5.74, 6) is 0.356. The average molecular weight is 344 g/mol. The summed E-state index contributed by atoms with van der Waals surface area (Å²) < 4.78 is 1.86. The van der Waals surface area contributed by atoms with Crippen LogP contribution in [0.15, 0.2) is 67.3 Å². The number of amides is 2. The van der Waals surface area contributed by atoms with E-state index in [1.807, 2.05) is 54.0 Å².